The summed E-state index contributed by atoms with van der Waals surface area (Å²) in [5, 5.41) is 9.56. The first-order valence-electron chi connectivity index (χ1n) is 6.13. The summed E-state index contributed by atoms with van der Waals surface area (Å²) in [6.45, 7) is 3.66. The Hall–Kier alpha value is -1.27. The standard InChI is InChI=1S/C12H18N4OS/c1-8(17)9-2-4-16(5-3-9)11-7-14-10(6-15-11)12(13)18/h6-9,17H,2-5H2,1H3,(H2,13,18). The quantitative estimate of drug-likeness (QED) is 0.785. The minimum Gasteiger partial charge on any atom is -0.393 e. The van der Waals surface area contributed by atoms with Crippen LogP contribution < -0.4 is 10.6 Å². The molecule has 98 valence electrons. The van der Waals surface area contributed by atoms with Gasteiger partial charge in [-0.15, -0.1) is 0 Å². The molecule has 1 unspecified atom stereocenters. The average Bonchev–Trinajstić information content (AvgIpc) is 2.39. The molecule has 2 heterocycles. The third-order valence-electron chi connectivity index (χ3n) is 3.44. The Morgan fingerprint density at radius 3 is 2.56 bits per heavy atom. The monoisotopic (exact) mass is 266 g/mol. The molecule has 1 fully saturated rings. The van der Waals surface area contributed by atoms with E-state index in [1.807, 2.05) is 6.92 Å². The number of nitrogens with two attached hydrogens (primary N) is 1. The van der Waals surface area contributed by atoms with Gasteiger partial charge < -0.3 is 15.7 Å². The Morgan fingerprint density at radius 2 is 2.11 bits per heavy atom. The van der Waals surface area contributed by atoms with Crippen LogP contribution in [-0.4, -0.2) is 39.3 Å². The van der Waals surface area contributed by atoms with Crippen LogP contribution in [0.2, 0.25) is 0 Å². The fraction of sp³-hybridized carbons (Fsp3) is 0.583. The first kappa shape index (κ1) is 13.2. The van der Waals surface area contributed by atoms with Gasteiger partial charge >= 0.3 is 0 Å². The van der Waals surface area contributed by atoms with Gasteiger partial charge in [0.1, 0.15) is 16.5 Å². The van der Waals surface area contributed by atoms with Gasteiger partial charge in [0.05, 0.1) is 18.5 Å². The van der Waals surface area contributed by atoms with Gasteiger partial charge in [-0.1, -0.05) is 12.2 Å². The molecule has 1 atom stereocenters. The summed E-state index contributed by atoms with van der Waals surface area (Å²) in [5.74, 6) is 1.24. The second-order valence-corrected chi connectivity index (χ2v) is 5.13. The average molecular weight is 266 g/mol. The van der Waals surface area contributed by atoms with E-state index in [-0.39, 0.29) is 11.1 Å². The number of anilines is 1. The van der Waals surface area contributed by atoms with E-state index in [1.54, 1.807) is 12.4 Å². The molecule has 18 heavy (non-hydrogen) atoms. The summed E-state index contributed by atoms with van der Waals surface area (Å²) in [6.07, 6.45) is 5.05. The van der Waals surface area contributed by atoms with Crippen molar-refractivity contribution in [3.63, 3.8) is 0 Å². The Balaban J connectivity index is 1.99. The summed E-state index contributed by atoms with van der Waals surface area (Å²) in [7, 11) is 0. The maximum atomic E-state index is 9.56. The molecule has 0 aromatic carbocycles. The van der Waals surface area contributed by atoms with E-state index >= 15 is 0 Å². The van der Waals surface area contributed by atoms with E-state index < -0.39 is 0 Å². The number of thiocarbonyl (C=S) groups is 1. The molecule has 0 saturated carbocycles. The van der Waals surface area contributed by atoms with Gasteiger partial charge in [-0.25, -0.2) is 9.97 Å². The summed E-state index contributed by atoms with van der Waals surface area (Å²) >= 11 is 4.84. The van der Waals surface area contributed by atoms with Crippen molar-refractivity contribution in [3.8, 4) is 0 Å². The van der Waals surface area contributed by atoms with Gasteiger partial charge in [0.15, 0.2) is 0 Å². The molecule has 0 radical (unpaired) electrons. The first-order valence-corrected chi connectivity index (χ1v) is 6.53. The van der Waals surface area contributed by atoms with Crippen LogP contribution in [0.25, 0.3) is 0 Å². The topological polar surface area (TPSA) is 75.3 Å². The van der Waals surface area contributed by atoms with Crippen LogP contribution in [0.1, 0.15) is 25.5 Å². The minimum absolute atomic E-state index is 0.227. The van der Waals surface area contributed by atoms with Gasteiger partial charge in [-0.2, -0.15) is 0 Å². The summed E-state index contributed by atoms with van der Waals surface area (Å²) in [5.41, 5.74) is 6.03. The molecule has 3 N–H and O–H groups in total. The van der Waals surface area contributed by atoms with Crippen LogP contribution >= 0.6 is 12.2 Å². The zero-order valence-electron chi connectivity index (χ0n) is 10.4. The molecule has 5 nitrogen and oxygen atoms in total. The molecule has 1 aliphatic heterocycles. The molecule has 1 aliphatic rings. The first-order chi connectivity index (χ1) is 8.58. The van der Waals surface area contributed by atoms with Gasteiger partial charge in [-0.3, -0.25) is 0 Å². The zero-order chi connectivity index (χ0) is 13.1. The molecule has 0 spiro atoms. The lowest BCUT2D eigenvalue weighted by Gasteiger charge is -2.33. The number of hydrogen-bond acceptors (Lipinski definition) is 5. The van der Waals surface area contributed by atoms with E-state index in [9.17, 15) is 5.11 Å². The molecule has 2 rings (SSSR count). The maximum Gasteiger partial charge on any atom is 0.147 e. The summed E-state index contributed by atoms with van der Waals surface area (Å²) in [4.78, 5) is 11.0. The van der Waals surface area contributed by atoms with Crippen molar-refractivity contribution in [1.29, 1.82) is 0 Å². The highest BCUT2D eigenvalue weighted by Gasteiger charge is 2.23. The van der Waals surface area contributed by atoms with Crippen molar-refractivity contribution in [3.05, 3.63) is 18.1 Å². The number of aliphatic hydroxyl groups excluding tert-OH is 1. The second-order valence-electron chi connectivity index (χ2n) is 4.69. The lowest BCUT2D eigenvalue weighted by atomic mass is 9.92. The Kier molecular flexibility index (Phi) is 4.08. The fourth-order valence-electron chi connectivity index (χ4n) is 2.22. The number of hydrogen-bond donors (Lipinski definition) is 2. The van der Waals surface area contributed by atoms with Gasteiger partial charge in [0.25, 0.3) is 0 Å². The fourth-order valence-corrected chi connectivity index (χ4v) is 2.33. The number of piperidine rings is 1. The van der Waals surface area contributed by atoms with Crippen molar-refractivity contribution in [2.24, 2.45) is 11.7 Å². The zero-order valence-corrected chi connectivity index (χ0v) is 11.2. The van der Waals surface area contributed by atoms with Crippen molar-refractivity contribution in [1.82, 2.24) is 9.97 Å². The Labute approximate surface area is 112 Å². The SMILES string of the molecule is CC(O)C1CCN(c2cnc(C(N)=S)cn2)CC1. The summed E-state index contributed by atoms with van der Waals surface area (Å²) in [6, 6.07) is 0. The van der Waals surface area contributed by atoms with Crippen molar-refractivity contribution >= 4 is 23.0 Å². The van der Waals surface area contributed by atoms with Crippen LogP contribution in [-0.2, 0) is 0 Å². The number of aromatic nitrogens is 2. The highest BCUT2D eigenvalue weighted by molar-refractivity contribution is 7.80. The Morgan fingerprint density at radius 1 is 1.44 bits per heavy atom. The molecule has 1 aromatic rings. The van der Waals surface area contributed by atoms with Gasteiger partial charge in [0, 0.05) is 13.1 Å². The van der Waals surface area contributed by atoms with E-state index in [1.165, 1.54) is 0 Å². The third-order valence-corrected chi connectivity index (χ3v) is 3.65. The molecular weight excluding hydrogens is 248 g/mol. The highest BCUT2D eigenvalue weighted by Crippen LogP contribution is 2.23. The van der Waals surface area contributed by atoms with E-state index in [0.29, 0.717) is 11.6 Å². The number of rotatable bonds is 3. The van der Waals surface area contributed by atoms with Crippen LogP contribution in [0.5, 0.6) is 0 Å². The molecule has 6 heteroatoms. The maximum absolute atomic E-state index is 9.56. The number of nitrogens with zero attached hydrogens (tertiary/aromatic N) is 3. The molecule has 0 amide bonds. The molecular formula is C12H18N4OS. The lowest BCUT2D eigenvalue weighted by molar-refractivity contribution is 0.110. The minimum atomic E-state index is -0.227. The predicted molar refractivity (Wildman–Crippen MR) is 74.5 cm³/mol. The van der Waals surface area contributed by atoms with Crippen LogP contribution in [0.4, 0.5) is 5.82 Å². The largest absolute Gasteiger partial charge is 0.393 e. The van der Waals surface area contributed by atoms with Crippen LogP contribution in [0.3, 0.4) is 0 Å². The molecule has 0 bridgehead atoms. The number of aliphatic hydroxyl groups is 1. The molecule has 1 saturated heterocycles. The highest BCUT2D eigenvalue weighted by atomic mass is 32.1. The van der Waals surface area contributed by atoms with E-state index in [2.05, 4.69) is 14.9 Å². The van der Waals surface area contributed by atoms with Crippen molar-refractivity contribution < 1.29 is 5.11 Å². The van der Waals surface area contributed by atoms with E-state index in [0.717, 1.165) is 31.7 Å². The lowest BCUT2D eigenvalue weighted by Crippen LogP contribution is -2.37. The van der Waals surface area contributed by atoms with Crippen molar-refractivity contribution in [2.75, 3.05) is 18.0 Å². The van der Waals surface area contributed by atoms with Gasteiger partial charge in [-0.05, 0) is 25.7 Å². The van der Waals surface area contributed by atoms with Crippen molar-refractivity contribution in [2.45, 2.75) is 25.9 Å². The second kappa shape index (κ2) is 5.58. The van der Waals surface area contributed by atoms with Crippen LogP contribution in [0.15, 0.2) is 12.4 Å². The molecule has 0 aliphatic carbocycles. The van der Waals surface area contributed by atoms with E-state index in [4.69, 9.17) is 18.0 Å². The smallest absolute Gasteiger partial charge is 0.147 e. The van der Waals surface area contributed by atoms with Crippen LogP contribution in [0, 0.1) is 5.92 Å². The third kappa shape index (κ3) is 2.94. The summed E-state index contributed by atoms with van der Waals surface area (Å²) < 4.78 is 0. The Bertz CT molecular complexity index is 413. The molecule has 1 aromatic heterocycles. The predicted octanol–water partition coefficient (Wildman–Crippen LogP) is 0.708. The van der Waals surface area contributed by atoms with Gasteiger partial charge in [0.2, 0.25) is 0 Å². The normalized spacial score (nSPS) is 18.7.